The van der Waals surface area contributed by atoms with E-state index in [2.05, 4.69) is 12.1 Å². The molecule has 29 heavy (non-hydrogen) atoms. The summed E-state index contributed by atoms with van der Waals surface area (Å²) >= 11 is 0. The fourth-order valence-corrected chi connectivity index (χ4v) is 3.62. The van der Waals surface area contributed by atoms with Crippen LogP contribution in [-0.2, 0) is 16.1 Å². The van der Waals surface area contributed by atoms with Crippen LogP contribution in [0.4, 0.5) is 0 Å². The van der Waals surface area contributed by atoms with Gasteiger partial charge in [0.15, 0.2) is 0 Å². The van der Waals surface area contributed by atoms with E-state index in [1.54, 1.807) is 0 Å². The molecule has 0 fully saturated rings. The van der Waals surface area contributed by atoms with E-state index < -0.39 is 0 Å². The lowest BCUT2D eigenvalue weighted by atomic mass is 10.0. The van der Waals surface area contributed by atoms with E-state index in [0.717, 1.165) is 51.6 Å². The van der Waals surface area contributed by atoms with Crippen LogP contribution >= 0.6 is 0 Å². The zero-order valence-corrected chi connectivity index (χ0v) is 18.6. The van der Waals surface area contributed by atoms with Crippen LogP contribution in [-0.4, -0.2) is 24.1 Å². The lowest BCUT2D eigenvalue weighted by Crippen LogP contribution is -1.98. The van der Waals surface area contributed by atoms with Gasteiger partial charge in [0.05, 0.1) is 6.61 Å². The summed E-state index contributed by atoms with van der Waals surface area (Å²) in [5.74, 6) is 0.460. The number of ketones is 1. The van der Waals surface area contributed by atoms with Gasteiger partial charge in [-0.3, -0.25) is 4.79 Å². The Labute approximate surface area is 179 Å². The molecule has 0 aliphatic heterocycles. The van der Waals surface area contributed by atoms with Crippen LogP contribution < -0.4 is 0 Å². The Hall–Kier alpha value is -1.19. The highest BCUT2D eigenvalue weighted by atomic mass is 16.5. The van der Waals surface area contributed by atoms with E-state index >= 15 is 0 Å². The van der Waals surface area contributed by atoms with Crippen molar-refractivity contribution in [3.05, 3.63) is 35.9 Å². The van der Waals surface area contributed by atoms with Gasteiger partial charge in [-0.05, 0) is 31.2 Å². The fraction of sp³-hybridized carbons (Fsp3) is 0.731. The molecule has 0 amide bonds. The second-order valence-corrected chi connectivity index (χ2v) is 8.25. The van der Waals surface area contributed by atoms with Gasteiger partial charge in [-0.1, -0.05) is 94.5 Å². The van der Waals surface area contributed by atoms with Gasteiger partial charge in [0, 0.05) is 26.1 Å². The minimum absolute atomic E-state index is 0.326. The molecule has 3 nitrogen and oxygen atoms in total. The average molecular weight is 405 g/mol. The van der Waals surface area contributed by atoms with Gasteiger partial charge in [-0.15, -0.1) is 0 Å². The van der Waals surface area contributed by atoms with E-state index in [9.17, 15) is 4.79 Å². The van der Waals surface area contributed by atoms with Crippen molar-refractivity contribution in [2.45, 2.75) is 109 Å². The van der Waals surface area contributed by atoms with Crippen LogP contribution in [0.15, 0.2) is 30.3 Å². The standard InChI is InChI=1S/C26H44O3/c27-22-16-9-5-2-1-3-7-14-20-26(28)21-15-8-4-6-10-17-23-29-24-25-18-12-11-13-19-25/h11-13,18-19,27H,1-10,14-17,20-24H2. The summed E-state index contributed by atoms with van der Waals surface area (Å²) in [7, 11) is 0. The normalized spacial score (nSPS) is 11.1. The highest BCUT2D eigenvalue weighted by Gasteiger charge is 2.02. The summed E-state index contributed by atoms with van der Waals surface area (Å²) in [6.07, 6.45) is 18.0. The van der Waals surface area contributed by atoms with Crippen molar-refractivity contribution in [2.24, 2.45) is 0 Å². The maximum absolute atomic E-state index is 11.9. The number of hydrogen-bond acceptors (Lipinski definition) is 3. The number of aliphatic hydroxyl groups excluding tert-OH is 1. The molecule has 1 rings (SSSR count). The summed E-state index contributed by atoms with van der Waals surface area (Å²) in [5, 5.41) is 8.73. The summed E-state index contributed by atoms with van der Waals surface area (Å²) < 4.78 is 5.71. The molecular formula is C26H44O3. The summed E-state index contributed by atoms with van der Waals surface area (Å²) in [6.45, 7) is 1.88. The van der Waals surface area contributed by atoms with E-state index in [-0.39, 0.29) is 0 Å². The molecule has 0 aromatic heterocycles. The van der Waals surface area contributed by atoms with Crippen LogP contribution in [0.1, 0.15) is 108 Å². The average Bonchev–Trinajstić information content (AvgIpc) is 2.74. The number of hydrogen-bond donors (Lipinski definition) is 1. The third kappa shape index (κ3) is 17.4. The first-order valence-electron chi connectivity index (χ1n) is 12.1. The smallest absolute Gasteiger partial charge is 0.132 e. The number of Topliss-reactive ketones (excluding diaryl/α,β-unsaturated/α-hetero) is 1. The van der Waals surface area contributed by atoms with Crippen molar-refractivity contribution in [3.63, 3.8) is 0 Å². The molecule has 0 bridgehead atoms. The van der Waals surface area contributed by atoms with Crippen molar-refractivity contribution >= 4 is 5.78 Å². The number of benzene rings is 1. The predicted octanol–water partition coefficient (Wildman–Crippen LogP) is 7.01. The molecule has 0 saturated heterocycles. The van der Waals surface area contributed by atoms with E-state index in [1.165, 1.54) is 63.4 Å². The number of carbonyl (C=O) groups excluding carboxylic acids is 1. The molecule has 0 aliphatic rings. The van der Waals surface area contributed by atoms with Crippen molar-refractivity contribution in [1.82, 2.24) is 0 Å². The number of aliphatic hydroxyl groups is 1. The van der Waals surface area contributed by atoms with Crippen molar-refractivity contribution < 1.29 is 14.6 Å². The lowest BCUT2D eigenvalue weighted by Gasteiger charge is -2.05. The molecule has 0 radical (unpaired) electrons. The second kappa shape index (κ2) is 20.1. The van der Waals surface area contributed by atoms with E-state index in [4.69, 9.17) is 9.84 Å². The number of unbranched alkanes of at least 4 members (excludes halogenated alkanes) is 12. The molecule has 3 heteroatoms. The topological polar surface area (TPSA) is 46.5 Å². The fourth-order valence-electron chi connectivity index (χ4n) is 3.62. The third-order valence-electron chi connectivity index (χ3n) is 5.47. The van der Waals surface area contributed by atoms with E-state index in [0.29, 0.717) is 19.0 Å². The van der Waals surface area contributed by atoms with Gasteiger partial charge in [0.25, 0.3) is 0 Å². The Balaban J connectivity index is 1.75. The van der Waals surface area contributed by atoms with Gasteiger partial charge < -0.3 is 9.84 Å². The van der Waals surface area contributed by atoms with Crippen LogP contribution in [0.2, 0.25) is 0 Å². The Morgan fingerprint density at radius 1 is 0.655 bits per heavy atom. The highest BCUT2D eigenvalue weighted by molar-refractivity contribution is 5.78. The molecule has 0 unspecified atom stereocenters. The Bertz CT molecular complexity index is 472. The van der Waals surface area contributed by atoms with Crippen LogP contribution in [0.25, 0.3) is 0 Å². The zero-order chi connectivity index (χ0) is 20.8. The Morgan fingerprint density at radius 3 is 1.69 bits per heavy atom. The number of ether oxygens (including phenoxy) is 1. The maximum atomic E-state index is 11.9. The summed E-state index contributed by atoms with van der Waals surface area (Å²) in [5.41, 5.74) is 1.24. The zero-order valence-electron chi connectivity index (χ0n) is 18.6. The molecule has 0 saturated carbocycles. The van der Waals surface area contributed by atoms with E-state index in [1.807, 2.05) is 18.2 Å². The Kier molecular flexibility index (Phi) is 17.9. The molecule has 1 N–H and O–H groups in total. The minimum atomic E-state index is 0.326. The maximum Gasteiger partial charge on any atom is 0.132 e. The number of carbonyl (C=O) groups is 1. The molecular weight excluding hydrogens is 360 g/mol. The largest absolute Gasteiger partial charge is 0.396 e. The molecule has 0 aliphatic carbocycles. The monoisotopic (exact) mass is 404 g/mol. The summed E-state index contributed by atoms with van der Waals surface area (Å²) in [4.78, 5) is 11.9. The first kappa shape index (κ1) is 25.8. The number of rotatable bonds is 21. The lowest BCUT2D eigenvalue weighted by molar-refractivity contribution is -0.119. The second-order valence-electron chi connectivity index (χ2n) is 8.25. The van der Waals surface area contributed by atoms with Gasteiger partial charge in [0.2, 0.25) is 0 Å². The highest BCUT2D eigenvalue weighted by Crippen LogP contribution is 2.12. The van der Waals surface area contributed by atoms with Gasteiger partial charge >= 0.3 is 0 Å². The van der Waals surface area contributed by atoms with Gasteiger partial charge in [-0.25, -0.2) is 0 Å². The first-order chi connectivity index (χ1) is 14.3. The quantitative estimate of drug-likeness (QED) is 0.224. The minimum Gasteiger partial charge on any atom is -0.396 e. The third-order valence-corrected chi connectivity index (χ3v) is 5.47. The van der Waals surface area contributed by atoms with Gasteiger partial charge in [-0.2, -0.15) is 0 Å². The van der Waals surface area contributed by atoms with Crippen molar-refractivity contribution in [3.8, 4) is 0 Å². The molecule has 1 aromatic rings. The van der Waals surface area contributed by atoms with Crippen molar-refractivity contribution in [1.29, 1.82) is 0 Å². The molecule has 0 atom stereocenters. The molecule has 0 spiro atoms. The SMILES string of the molecule is O=C(CCCCCCCCCCO)CCCCCCCCOCc1ccccc1. The first-order valence-corrected chi connectivity index (χ1v) is 12.1. The van der Waals surface area contributed by atoms with Crippen LogP contribution in [0.3, 0.4) is 0 Å². The van der Waals surface area contributed by atoms with Crippen molar-refractivity contribution in [2.75, 3.05) is 13.2 Å². The Morgan fingerprint density at radius 2 is 1.14 bits per heavy atom. The van der Waals surface area contributed by atoms with Crippen LogP contribution in [0.5, 0.6) is 0 Å². The predicted molar refractivity (Wildman–Crippen MR) is 122 cm³/mol. The molecule has 166 valence electrons. The molecule has 1 aromatic carbocycles. The summed E-state index contributed by atoms with van der Waals surface area (Å²) in [6, 6.07) is 10.3. The molecule has 0 heterocycles. The van der Waals surface area contributed by atoms with Crippen LogP contribution in [0, 0.1) is 0 Å². The van der Waals surface area contributed by atoms with Gasteiger partial charge in [0.1, 0.15) is 5.78 Å².